The number of para-hydroxylation sites is 1. The molecule has 0 aromatic heterocycles. The zero-order chi connectivity index (χ0) is 14.6. The third kappa shape index (κ3) is 3.72. The van der Waals surface area contributed by atoms with E-state index >= 15 is 0 Å². The summed E-state index contributed by atoms with van der Waals surface area (Å²) in [6.45, 7) is 2.74. The zero-order valence-corrected chi connectivity index (χ0v) is 12.3. The van der Waals surface area contributed by atoms with Gasteiger partial charge in [0.15, 0.2) is 9.84 Å². The van der Waals surface area contributed by atoms with Crippen molar-refractivity contribution in [3.05, 3.63) is 29.8 Å². The molecule has 1 aromatic carbocycles. The second-order valence-corrected chi connectivity index (χ2v) is 7.14. The van der Waals surface area contributed by atoms with Crippen LogP contribution < -0.4 is 10.1 Å². The predicted octanol–water partition coefficient (Wildman–Crippen LogP) is 1.25. The summed E-state index contributed by atoms with van der Waals surface area (Å²) in [6, 6.07) is 7.03. The maximum atomic E-state index is 12.1. The van der Waals surface area contributed by atoms with Gasteiger partial charge < -0.3 is 10.1 Å². The van der Waals surface area contributed by atoms with Crippen LogP contribution in [-0.4, -0.2) is 39.0 Å². The summed E-state index contributed by atoms with van der Waals surface area (Å²) >= 11 is 0. The molecule has 0 aliphatic carbocycles. The number of hydrogen-bond donors (Lipinski definition) is 1. The Hall–Kier alpha value is -1.56. The van der Waals surface area contributed by atoms with Crippen molar-refractivity contribution < 1.29 is 17.9 Å². The molecule has 0 saturated carbocycles. The Morgan fingerprint density at radius 3 is 2.80 bits per heavy atom. The topological polar surface area (TPSA) is 72.5 Å². The predicted molar refractivity (Wildman–Crippen MR) is 76.7 cm³/mol. The molecule has 2 rings (SSSR count). The second kappa shape index (κ2) is 6.26. The summed E-state index contributed by atoms with van der Waals surface area (Å²) in [5, 5.41) is 2.79. The number of carbonyl (C=O) groups excluding carboxylic acids is 1. The Morgan fingerprint density at radius 2 is 2.15 bits per heavy atom. The highest BCUT2D eigenvalue weighted by atomic mass is 32.2. The van der Waals surface area contributed by atoms with Crippen molar-refractivity contribution in [1.29, 1.82) is 0 Å². The number of hydrogen-bond acceptors (Lipinski definition) is 4. The summed E-state index contributed by atoms with van der Waals surface area (Å²) in [6.07, 6.45) is 0.621. The molecular formula is C14H19NO4S. The van der Waals surface area contributed by atoms with Crippen LogP contribution in [0, 0.1) is 5.92 Å². The summed E-state index contributed by atoms with van der Waals surface area (Å²) < 4.78 is 28.1. The van der Waals surface area contributed by atoms with Gasteiger partial charge in [-0.15, -0.1) is 0 Å². The van der Waals surface area contributed by atoms with Crippen LogP contribution in [0.4, 0.5) is 0 Å². The van der Waals surface area contributed by atoms with Crippen molar-refractivity contribution in [1.82, 2.24) is 5.32 Å². The molecule has 0 bridgehead atoms. The van der Waals surface area contributed by atoms with Gasteiger partial charge in [-0.05, 0) is 31.4 Å². The average Bonchev–Trinajstić information content (AvgIpc) is 2.77. The van der Waals surface area contributed by atoms with Crippen LogP contribution in [0.5, 0.6) is 5.75 Å². The summed E-state index contributed by atoms with van der Waals surface area (Å²) in [5.41, 5.74) is 0.482. The Bertz CT molecular complexity index is 583. The van der Waals surface area contributed by atoms with Gasteiger partial charge in [-0.2, -0.15) is 0 Å². The van der Waals surface area contributed by atoms with Gasteiger partial charge >= 0.3 is 0 Å². The van der Waals surface area contributed by atoms with Crippen LogP contribution in [0.15, 0.2) is 24.3 Å². The summed E-state index contributed by atoms with van der Waals surface area (Å²) in [7, 11) is -2.90. The Labute approximate surface area is 119 Å². The first kappa shape index (κ1) is 14.8. The zero-order valence-electron chi connectivity index (χ0n) is 11.5. The van der Waals surface area contributed by atoms with Gasteiger partial charge in [-0.3, -0.25) is 4.79 Å². The van der Waals surface area contributed by atoms with Gasteiger partial charge in [0.2, 0.25) is 0 Å². The number of amides is 1. The molecule has 1 atom stereocenters. The van der Waals surface area contributed by atoms with Crippen LogP contribution in [0.3, 0.4) is 0 Å². The molecule has 1 aliphatic heterocycles. The van der Waals surface area contributed by atoms with E-state index < -0.39 is 9.84 Å². The SMILES string of the molecule is CCOc1ccccc1C(=O)NCC1CCS(=O)(=O)C1. The largest absolute Gasteiger partial charge is 0.493 e. The third-order valence-electron chi connectivity index (χ3n) is 3.31. The minimum Gasteiger partial charge on any atom is -0.493 e. The van der Waals surface area contributed by atoms with Gasteiger partial charge in [0, 0.05) is 6.54 Å². The average molecular weight is 297 g/mol. The standard InChI is InChI=1S/C14H19NO4S/c1-2-19-13-6-4-3-5-12(13)14(16)15-9-11-7-8-20(17,18)10-11/h3-6,11H,2,7-10H2,1H3,(H,15,16). The number of ether oxygens (including phenoxy) is 1. The minimum atomic E-state index is -2.90. The fourth-order valence-corrected chi connectivity index (χ4v) is 4.16. The fraction of sp³-hybridized carbons (Fsp3) is 0.500. The molecule has 1 aromatic rings. The van der Waals surface area contributed by atoms with Crippen molar-refractivity contribution >= 4 is 15.7 Å². The number of rotatable bonds is 5. The van der Waals surface area contributed by atoms with Gasteiger partial charge in [0.05, 0.1) is 23.7 Å². The van der Waals surface area contributed by atoms with Crippen LogP contribution in [0.1, 0.15) is 23.7 Å². The van der Waals surface area contributed by atoms with E-state index in [0.29, 0.717) is 30.9 Å². The molecule has 1 N–H and O–H groups in total. The second-order valence-electron chi connectivity index (χ2n) is 4.91. The van der Waals surface area contributed by atoms with Gasteiger partial charge in [-0.25, -0.2) is 8.42 Å². The number of sulfone groups is 1. The molecule has 6 heteroatoms. The van der Waals surface area contributed by atoms with E-state index in [4.69, 9.17) is 4.74 Å². The molecule has 1 fully saturated rings. The van der Waals surface area contributed by atoms with E-state index in [9.17, 15) is 13.2 Å². The van der Waals surface area contributed by atoms with E-state index in [1.165, 1.54) is 0 Å². The van der Waals surface area contributed by atoms with E-state index in [0.717, 1.165) is 0 Å². The van der Waals surface area contributed by atoms with Crippen LogP contribution in [-0.2, 0) is 9.84 Å². The van der Waals surface area contributed by atoms with Crippen molar-refractivity contribution in [3.63, 3.8) is 0 Å². The molecule has 110 valence electrons. The summed E-state index contributed by atoms with van der Waals surface area (Å²) in [4.78, 5) is 12.1. The lowest BCUT2D eigenvalue weighted by molar-refractivity contribution is 0.0944. The highest BCUT2D eigenvalue weighted by Gasteiger charge is 2.28. The van der Waals surface area contributed by atoms with E-state index in [-0.39, 0.29) is 23.3 Å². The Morgan fingerprint density at radius 1 is 1.40 bits per heavy atom. The van der Waals surface area contributed by atoms with Gasteiger partial charge in [0.25, 0.3) is 5.91 Å². The van der Waals surface area contributed by atoms with Crippen LogP contribution in [0.2, 0.25) is 0 Å². The molecule has 1 amide bonds. The molecular weight excluding hydrogens is 278 g/mol. The lowest BCUT2D eigenvalue weighted by Gasteiger charge is -2.12. The third-order valence-corrected chi connectivity index (χ3v) is 5.15. The Balaban J connectivity index is 1.95. The first-order valence-corrected chi connectivity index (χ1v) is 8.54. The van der Waals surface area contributed by atoms with Crippen LogP contribution in [0.25, 0.3) is 0 Å². The molecule has 1 heterocycles. The van der Waals surface area contributed by atoms with Crippen molar-refractivity contribution in [2.24, 2.45) is 5.92 Å². The molecule has 0 spiro atoms. The van der Waals surface area contributed by atoms with E-state index in [1.807, 2.05) is 13.0 Å². The molecule has 0 radical (unpaired) electrons. The molecule has 5 nitrogen and oxygen atoms in total. The van der Waals surface area contributed by atoms with Crippen molar-refractivity contribution in [2.75, 3.05) is 24.7 Å². The number of benzene rings is 1. The first-order chi connectivity index (χ1) is 9.52. The highest BCUT2D eigenvalue weighted by Crippen LogP contribution is 2.20. The first-order valence-electron chi connectivity index (χ1n) is 6.72. The van der Waals surface area contributed by atoms with E-state index in [2.05, 4.69) is 5.32 Å². The van der Waals surface area contributed by atoms with Gasteiger partial charge in [0.1, 0.15) is 5.75 Å². The maximum absolute atomic E-state index is 12.1. The number of carbonyl (C=O) groups is 1. The summed E-state index contributed by atoms with van der Waals surface area (Å²) in [5.74, 6) is 0.733. The van der Waals surface area contributed by atoms with Gasteiger partial charge in [-0.1, -0.05) is 12.1 Å². The van der Waals surface area contributed by atoms with Crippen molar-refractivity contribution in [3.8, 4) is 5.75 Å². The Kier molecular flexibility index (Phi) is 4.65. The lowest BCUT2D eigenvalue weighted by atomic mass is 10.1. The molecule has 1 saturated heterocycles. The smallest absolute Gasteiger partial charge is 0.255 e. The van der Waals surface area contributed by atoms with Crippen LogP contribution >= 0.6 is 0 Å². The highest BCUT2D eigenvalue weighted by molar-refractivity contribution is 7.91. The van der Waals surface area contributed by atoms with E-state index in [1.54, 1.807) is 18.2 Å². The van der Waals surface area contributed by atoms with Crippen molar-refractivity contribution in [2.45, 2.75) is 13.3 Å². The fourth-order valence-electron chi connectivity index (χ4n) is 2.30. The normalized spacial score (nSPS) is 20.6. The minimum absolute atomic E-state index is 0.0169. The lowest BCUT2D eigenvalue weighted by Crippen LogP contribution is -2.30. The maximum Gasteiger partial charge on any atom is 0.255 e. The molecule has 1 aliphatic rings. The number of nitrogens with one attached hydrogen (secondary N) is 1. The molecule has 20 heavy (non-hydrogen) atoms. The quantitative estimate of drug-likeness (QED) is 0.888. The monoisotopic (exact) mass is 297 g/mol. The molecule has 1 unspecified atom stereocenters.